The first kappa shape index (κ1) is 8.47. The standard InChI is InChI=1S/C9H10BrN/c1-2-11-7-8-3-5-9(10)6-4-8/h3-7H,2H2,1H3. The minimum atomic E-state index is 0.843. The molecule has 0 bridgehead atoms. The Morgan fingerprint density at radius 1 is 1.36 bits per heavy atom. The Hall–Kier alpha value is -0.630. The lowest BCUT2D eigenvalue weighted by atomic mass is 10.2. The van der Waals surface area contributed by atoms with E-state index >= 15 is 0 Å². The van der Waals surface area contributed by atoms with Crippen LogP contribution in [-0.2, 0) is 0 Å². The van der Waals surface area contributed by atoms with Crippen LogP contribution in [0.5, 0.6) is 0 Å². The first-order valence-corrected chi connectivity index (χ1v) is 4.37. The molecule has 1 aromatic rings. The monoisotopic (exact) mass is 211 g/mol. The van der Waals surface area contributed by atoms with Gasteiger partial charge in [-0.15, -0.1) is 0 Å². The van der Waals surface area contributed by atoms with Crippen molar-refractivity contribution in [3.8, 4) is 0 Å². The Morgan fingerprint density at radius 3 is 2.55 bits per heavy atom. The zero-order valence-corrected chi connectivity index (χ0v) is 8.01. The molecule has 0 fully saturated rings. The lowest BCUT2D eigenvalue weighted by molar-refractivity contribution is 1.14. The van der Waals surface area contributed by atoms with E-state index in [4.69, 9.17) is 0 Å². The van der Waals surface area contributed by atoms with E-state index in [0.29, 0.717) is 0 Å². The Bertz CT molecular complexity index is 238. The van der Waals surface area contributed by atoms with Gasteiger partial charge in [0.25, 0.3) is 0 Å². The van der Waals surface area contributed by atoms with Gasteiger partial charge in [0.2, 0.25) is 0 Å². The van der Waals surface area contributed by atoms with Crippen LogP contribution in [0.1, 0.15) is 12.5 Å². The van der Waals surface area contributed by atoms with Crippen LogP contribution in [0.4, 0.5) is 0 Å². The summed E-state index contributed by atoms with van der Waals surface area (Å²) < 4.78 is 1.10. The smallest absolute Gasteiger partial charge is 0.0361 e. The summed E-state index contributed by atoms with van der Waals surface area (Å²) in [5, 5.41) is 0. The molecular formula is C9H10BrN. The number of hydrogen-bond donors (Lipinski definition) is 0. The maximum absolute atomic E-state index is 4.13. The van der Waals surface area contributed by atoms with E-state index in [2.05, 4.69) is 20.9 Å². The van der Waals surface area contributed by atoms with Gasteiger partial charge in [0.05, 0.1) is 0 Å². The topological polar surface area (TPSA) is 12.4 Å². The summed E-state index contributed by atoms with van der Waals surface area (Å²) in [5.41, 5.74) is 1.15. The van der Waals surface area contributed by atoms with Crippen LogP contribution in [-0.4, -0.2) is 12.8 Å². The summed E-state index contributed by atoms with van der Waals surface area (Å²) in [6.07, 6.45) is 1.88. The van der Waals surface area contributed by atoms with Gasteiger partial charge in [0.15, 0.2) is 0 Å². The van der Waals surface area contributed by atoms with Gasteiger partial charge in [-0.2, -0.15) is 0 Å². The van der Waals surface area contributed by atoms with E-state index in [0.717, 1.165) is 16.6 Å². The lowest BCUT2D eigenvalue weighted by Crippen LogP contribution is -1.80. The maximum atomic E-state index is 4.13. The van der Waals surface area contributed by atoms with Gasteiger partial charge in [-0.05, 0) is 24.6 Å². The minimum Gasteiger partial charge on any atom is -0.293 e. The van der Waals surface area contributed by atoms with Gasteiger partial charge < -0.3 is 0 Å². The second-order valence-electron chi connectivity index (χ2n) is 2.18. The molecule has 0 saturated carbocycles. The quantitative estimate of drug-likeness (QED) is 0.668. The fourth-order valence-electron chi connectivity index (χ4n) is 0.746. The molecule has 0 aliphatic carbocycles. The number of benzene rings is 1. The fraction of sp³-hybridized carbons (Fsp3) is 0.222. The van der Waals surface area contributed by atoms with Crippen molar-refractivity contribution in [1.29, 1.82) is 0 Å². The zero-order valence-electron chi connectivity index (χ0n) is 6.42. The lowest BCUT2D eigenvalue weighted by Gasteiger charge is -1.91. The second-order valence-corrected chi connectivity index (χ2v) is 3.10. The van der Waals surface area contributed by atoms with Crippen molar-refractivity contribution in [3.05, 3.63) is 34.3 Å². The summed E-state index contributed by atoms with van der Waals surface area (Å²) in [4.78, 5) is 4.13. The zero-order chi connectivity index (χ0) is 8.10. The molecule has 0 heterocycles. The highest BCUT2D eigenvalue weighted by Gasteiger charge is 1.86. The third kappa shape index (κ3) is 2.85. The first-order valence-electron chi connectivity index (χ1n) is 3.58. The number of halogens is 1. The number of nitrogens with zero attached hydrogens (tertiary/aromatic N) is 1. The van der Waals surface area contributed by atoms with Crippen molar-refractivity contribution in [2.45, 2.75) is 6.92 Å². The summed E-state index contributed by atoms with van der Waals surface area (Å²) >= 11 is 3.37. The molecule has 1 nitrogen and oxygen atoms in total. The average Bonchev–Trinajstić information content (AvgIpc) is 2.04. The van der Waals surface area contributed by atoms with Gasteiger partial charge in [-0.3, -0.25) is 4.99 Å². The van der Waals surface area contributed by atoms with Crippen LogP contribution in [0.2, 0.25) is 0 Å². The molecule has 0 saturated heterocycles. The first-order chi connectivity index (χ1) is 5.33. The van der Waals surface area contributed by atoms with Crippen LogP contribution in [0.25, 0.3) is 0 Å². The largest absolute Gasteiger partial charge is 0.293 e. The van der Waals surface area contributed by atoms with Gasteiger partial charge in [-0.25, -0.2) is 0 Å². The molecular weight excluding hydrogens is 202 g/mol. The Balaban J connectivity index is 2.73. The molecule has 0 aliphatic rings. The van der Waals surface area contributed by atoms with Gasteiger partial charge in [0, 0.05) is 17.2 Å². The molecule has 0 N–H and O–H groups in total. The van der Waals surface area contributed by atoms with E-state index in [-0.39, 0.29) is 0 Å². The fourth-order valence-corrected chi connectivity index (χ4v) is 1.01. The third-order valence-electron chi connectivity index (χ3n) is 1.29. The Labute approximate surface area is 75.3 Å². The highest BCUT2D eigenvalue weighted by Crippen LogP contribution is 2.08. The molecule has 2 heteroatoms. The normalized spacial score (nSPS) is 10.7. The molecule has 11 heavy (non-hydrogen) atoms. The molecule has 0 radical (unpaired) electrons. The summed E-state index contributed by atoms with van der Waals surface area (Å²) in [6, 6.07) is 8.08. The molecule has 0 unspecified atom stereocenters. The summed E-state index contributed by atoms with van der Waals surface area (Å²) in [7, 11) is 0. The van der Waals surface area contributed by atoms with Crippen molar-refractivity contribution in [2.24, 2.45) is 4.99 Å². The molecule has 58 valence electrons. The van der Waals surface area contributed by atoms with Crippen LogP contribution in [0.3, 0.4) is 0 Å². The van der Waals surface area contributed by atoms with E-state index in [1.165, 1.54) is 0 Å². The molecule has 0 atom stereocenters. The van der Waals surface area contributed by atoms with Gasteiger partial charge in [-0.1, -0.05) is 28.1 Å². The predicted molar refractivity (Wildman–Crippen MR) is 52.3 cm³/mol. The number of hydrogen-bond acceptors (Lipinski definition) is 1. The van der Waals surface area contributed by atoms with Crippen LogP contribution in [0.15, 0.2) is 33.7 Å². The number of aliphatic imine (C=N–C) groups is 1. The minimum absolute atomic E-state index is 0.843. The predicted octanol–water partition coefficient (Wildman–Crippen LogP) is 2.89. The molecule has 0 aliphatic heterocycles. The Morgan fingerprint density at radius 2 is 2.00 bits per heavy atom. The van der Waals surface area contributed by atoms with E-state index < -0.39 is 0 Å². The summed E-state index contributed by atoms with van der Waals surface area (Å²) in [6.45, 7) is 2.87. The van der Waals surface area contributed by atoms with Crippen LogP contribution >= 0.6 is 15.9 Å². The SMILES string of the molecule is CCN=Cc1ccc(Br)cc1. The van der Waals surface area contributed by atoms with Gasteiger partial charge in [0.1, 0.15) is 0 Å². The highest BCUT2D eigenvalue weighted by atomic mass is 79.9. The van der Waals surface area contributed by atoms with Crippen LogP contribution in [0, 0.1) is 0 Å². The summed E-state index contributed by atoms with van der Waals surface area (Å²) in [5.74, 6) is 0. The van der Waals surface area contributed by atoms with Crippen molar-refractivity contribution in [3.63, 3.8) is 0 Å². The van der Waals surface area contributed by atoms with Crippen molar-refractivity contribution in [1.82, 2.24) is 0 Å². The average molecular weight is 212 g/mol. The molecule has 1 aromatic carbocycles. The molecule has 1 rings (SSSR count). The van der Waals surface area contributed by atoms with Crippen molar-refractivity contribution in [2.75, 3.05) is 6.54 Å². The third-order valence-corrected chi connectivity index (χ3v) is 1.82. The van der Waals surface area contributed by atoms with E-state index in [9.17, 15) is 0 Å². The molecule has 0 spiro atoms. The van der Waals surface area contributed by atoms with Crippen molar-refractivity contribution < 1.29 is 0 Å². The van der Waals surface area contributed by atoms with Crippen molar-refractivity contribution >= 4 is 22.1 Å². The van der Waals surface area contributed by atoms with Crippen LogP contribution < -0.4 is 0 Å². The van der Waals surface area contributed by atoms with E-state index in [1.807, 2.05) is 37.4 Å². The van der Waals surface area contributed by atoms with Gasteiger partial charge >= 0.3 is 0 Å². The Kier molecular flexibility index (Phi) is 3.30. The maximum Gasteiger partial charge on any atom is 0.0361 e. The molecule has 0 aromatic heterocycles. The molecule has 0 amide bonds. The van der Waals surface area contributed by atoms with E-state index in [1.54, 1.807) is 0 Å². The number of rotatable bonds is 2. The second kappa shape index (κ2) is 4.29. The highest BCUT2D eigenvalue weighted by molar-refractivity contribution is 9.10.